The summed E-state index contributed by atoms with van der Waals surface area (Å²) in [5.41, 5.74) is 1.02. The fourth-order valence-corrected chi connectivity index (χ4v) is 6.12. The van der Waals surface area contributed by atoms with Gasteiger partial charge in [0, 0.05) is 54.4 Å². The monoisotopic (exact) mass is 405 g/mol. The van der Waals surface area contributed by atoms with Gasteiger partial charge < -0.3 is 10.2 Å². The molecule has 9 nitrogen and oxygen atoms in total. The maximum Gasteiger partial charge on any atom is 0.267 e. The van der Waals surface area contributed by atoms with Crippen LogP contribution in [0.2, 0.25) is 0 Å². The van der Waals surface area contributed by atoms with Crippen molar-refractivity contribution in [3.8, 4) is 11.3 Å². The van der Waals surface area contributed by atoms with E-state index in [9.17, 15) is 18.7 Å². The Kier molecular flexibility index (Phi) is 4.64. The molecule has 0 radical (unpaired) electrons. The largest absolute Gasteiger partial charge is 0.355 e. The summed E-state index contributed by atoms with van der Waals surface area (Å²) >= 11 is 0. The van der Waals surface area contributed by atoms with E-state index in [1.807, 2.05) is 19.1 Å². The standard InChI is InChI=1S/C18H23N5O4S/c1-2-19-16(24)8-23-17(25)6-4-14(21-23)13-3-5-15(20-7-13)22-9-18(10-22)11-28(26,27)12-18/h3-7,26-27H,2,8-12H2,1H3,(H,19,24). The van der Waals surface area contributed by atoms with Crippen molar-refractivity contribution in [2.75, 3.05) is 36.0 Å². The second-order valence-electron chi connectivity index (χ2n) is 7.52. The fraction of sp³-hybridized carbons (Fsp3) is 0.444. The van der Waals surface area contributed by atoms with Crippen LogP contribution in [-0.2, 0) is 11.3 Å². The molecule has 10 heteroatoms. The highest BCUT2D eigenvalue weighted by molar-refractivity contribution is 8.25. The highest BCUT2D eigenvalue weighted by Gasteiger charge is 2.56. The van der Waals surface area contributed by atoms with E-state index in [1.54, 1.807) is 12.3 Å². The normalized spacial score (nSPS) is 20.2. The first-order chi connectivity index (χ1) is 13.3. The Morgan fingerprint density at radius 3 is 2.61 bits per heavy atom. The lowest BCUT2D eigenvalue weighted by Crippen LogP contribution is -2.67. The first kappa shape index (κ1) is 18.9. The summed E-state index contributed by atoms with van der Waals surface area (Å²) in [6.45, 7) is 3.75. The quantitative estimate of drug-likeness (QED) is 0.679. The van der Waals surface area contributed by atoms with Crippen LogP contribution in [0.3, 0.4) is 0 Å². The second kappa shape index (κ2) is 6.87. The van der Waals surface area contributed by atoms with E-state index < -0.39 is 10.6 Å². The molecule has 2 saturated heterocycles. The lowest BCUT2D eigenvalue weighted by atomic mass is 9.83. The van der Waals surface area contributed by atoms with E-state index in [1.165, 1.54) is 6.07 Å². The first-order valence-corrected chi connectivity index (χ1v) is 11.0. The molecule has 2 aromatic heterocycles. The van der Waals surface area contributed by atoms with E-state index in [-0.39, 0.29) is 23.4 Å². The van der Waals surface area contributed by atoms with Crippen molar-refractivity contribution >= 4 is 22.3 Å². The third-order valence-corrected chi connectivity index (χ3v) is 7.18. The second-order valence-corrected chi connectivity index (χ2v) is 9.70. The molecule has 2 aliphatic rings. The molecule has 1 spiro atoms. The highest BCUT2D eigenvalue weighted by atomic mass is 32.3. The summed E-state index contributed by atoms with van der Waals surface area (Å²) in [7, 11) is -2.33. The molecular weight excluding hydrogens is 382 g/mol. The average molecular weight is 405 g/mol. The number of nitrogens with one attached hydrogen (secondary N) is 1. The molecule has 0 aliphatic carbocycles. The van der Waals surface area contributed by atoms with Crippen LogP contribution in [-0.4, -0.2) is 60.9 Å². The van der Waals surface area contributed by atoms with Crippen LogP contribution in [0.1, 0.15) is 6.92 Å². The molecule has 0 aromatic carbocycles. The van der Waals surface area contributed by atoms with E-state index in [2.05, 4.69) is 20.3 Å². The molecule has 150 valence electrons. The summed E-state index contributed by atoms with van der Waals surface area (Å²) in [6, 6.07) is 6.78. The van der Waals surface area contributed by atoms with Gasteiger partial charge in [0.1, 0.15) is 12.4 Å². The smallest absolute Gasteiger partial charge is 0.267 e. The van der Waals surface area contributed by atoms with Gasteiger partial charge >= 0.3 is 0 Å². The molecule has 4 rings (SSSR count). The van der Waals surface area contributed by atoms with Gasteiger partial charge in [0.15, 0.2) is 0 Å². The molecule has 0 unspecified atom stereocenters. The Morgan fingerprint density at radius 1 is 1.25 bits per heavy atom. The minimum Gasteiger partial charge on any atom is -0.355 e. The molecule has 4 heterocycles. The number of carbonyl (C=O) groups is 1. The van der Waals surface area contributed by atoms with Crippen molar-refractivity contribution < 1.29 is 13.9 Å². The molecule has 28 heavy (non-hydrogen) atoms. The van der Waals surface area contributed by atoms with Crippen LogP contribution in [0.15, 0.2) is 35.3 Å². The van der Waals surface area contributed by atoms with Crippen LogP contribution in [0.25, 0.3) is 11.3 Å². The Hall–Kier alpha value is -2.43. The summed E-state index contributed by atoms with van der Waals surface area (Å²) < 4.78 is 20.4. The van der Waals surface area contributed by atoms with Crippen molar-refractivity contribution in [1.29, 1.82) is 0 Å². The van der Waals surface area contributed by atoms with Crippen LogP contribution in [0.5, 0.6) is 0 Å². The lowest BCUT2D eigenvalue weighted by molar-refractivity contribution is -0.121. The minimum atomic E-state index is -2.33. The molecule has 2 aromatic rings. The van der Waals surface area contributed by atoms with Gasteiger partial charge in [0.05, 0.1) is 5.69 Å². The number of amides is 1. The maximum absolute atomic E-state index is 11.9. The number of aromatic nitrogens is 3. The number of hydrogen-bond donors (Lipinski definition) is 3. The van der Waals surface area contributed by atoms with E-state index >= 15 is 0 Å². The molecule has 3 N–H and O–H groups in total. The molecule has 0 bridgehead atoms. The Balaban J connectivity index is 1.44. The van der Waals surface area contributed by atoms with Gasteiger partial charge in [-0.05, 0) is 25.1 Å². The number of anilines is 1. The molecule has 2 aliphatic heterocycles. The fourth-order valence-electron chi connectivity index (χ4n) is 3.88. The van der Waals surface area contributed by atoms with Crippen LogP contribution in [0.4, 0.5) is 5.82 Å². The highest BCUT2D eigenvalue weighted by Crippen LogP contribution is 2.62. The topological polar surface area (TPSA) is 121 Å². The number of rotatable bonds is 5. The number of pyridine rings is 1. The van der Waals surface area contributed by atoms with Gasteiger partial charge in [-0.1, -0.05) is 0 Å². The van der Waals surface area contributed by atoms with Gasteiger partial charge in [-0.15, -0.1) is 0 Å². The maximum atomic E-state index is 11.9. The van der Waals surface area contributed by atoms with Crippen molar-refractivity contribution in [3.05, 3.63) is 40.8 Å². The Morgan fingerprint density at radius 2 is 2.00 bits per heavy atom. The number of carbonyl (C=O) groups excluding carboxylic acids is 1. The van der Waals surface area contributed by atoms with Gasteiger partial charge in [-0.25, -0.2) is 9.67 Å². The van der Waals surface area contributed by atoms with E-state index in [4.69, 9.17) is 0 Å². The first-order valence-electron chi connectivity index (χ1n) is 9.09. The van der Waals surface area contributed by atoms with Gasteiger partial charge in [0.25, 0.3) is 5.56 Å². The Bertz CT molecular complexity index is 943. The van der Waals surface area contributed by atoms with E-state index in [0.29, 0.717) is 23.7 Å². The van der Waals surface area contributed by atoms with Gasteiger partial charge in [-0.2, -0.15) is 15.7 Å². The summed E-state index contributed by atoms with van der Waals surface area (Å²) in [5, 5.41) is 6.92. The number of hydrogen-bond acceptors (Lipinski definition) is 7. The predicted molar refractivity (Wildman–Crippen MR) is 108 cm³/mol. The zero-order valence-electron chi connectivity index (χ0n) is 15.5. The number of nitrogens with zero attached hydrogens (tertiary/aromatic N) is 4. The van der Waals surface area contributed by atoms with Gasteiger partial charge in [-0.3, -0.25) is 18.7 Å². The van der Waals surface area contributed by atoms with Crippen LogP contribution in [0, 0.1) is 5.41 Å². The van der Waals surface area contributed by atoms with Crippen molar-refractivity contribution in [2.45, 2.75) is 13.5 Å². The van der Waals surface area contributed by atoms with Crippen molar-refractivity contribution in [2.24, 2.45) is 5.41 Å². The lowest BCUT2D eigenvalue weighted by Gasteiger charge is -2.64. The third-order valence-electron chi connectivity index (χ3n) is 5.03. The zero-order valence-corrected chi connectivity index (χ0v) is 16.4. The summed E-state index contributed by atoms with van der Waals surface area (Å²) in [4.78, 5) is 30.3. The van der Waals surface area contributed by atoms with Gasteiger partial charge in [0.2, 0.25) is 5.91 Å². The van der Waals surface area contributed by atoms with Crippen LogP contribution < -0.4 is 15.8 Å². The summed E-state index contributed by atoms with van der Waals surface area (Å²) in [5.74, 6) is 1.55. The third kappa shape index (κ3) is 3.62. The number of likely N-dealkylation sites (N-methyl/N-ethyl adjacent to an activating group) is 1. The van der Waals surface area contributed by atoms with Crippen molar-refractivity contribution in [3.63, 3.8) is 0 Å². The predicted octanol–water partition coefficient (Wildman–Crippen LogP) is 1.01. The molecule has 0 saturated carbocycles. The molecule has 1 amide bonds. The minimum absolute atomic E-state index is 0.0370. The molecular formula is C18H23N5O4S. The van der Waals surface area contributed by atoms with Crippen molar-refractivity contribution in [1.82, 2.24) is 20.1 Å². The molecule has 0 atom stereocenters. The molecule has 2 fully saturated rings. The zero-order chi connectivity index (χ0) is 19.9. The SMILES string of the molecule is CCNC(=O)Cn1nc(-c2ccc(N3CC4(C3)CS(O)(O)C4)nc2)ccc1=O. The van der Waals surface area contributed by atoms with E-state index in [0.717, 1.165) is 29.2 Å². The Labute approximate surface area is 163 Å². The van der Waals surface area contributed by atoms with Crippen LogP contribution >= 0.6 is 10.6 Å². The average Bonchev–Trinajstić information content (AvgIpc) is 2.59. The summed E-state index contributed by atoms with van der Waals surface area (Å²) in [6.07, 6.45) is 1.69.